The normalized spacial score (nSPS) is 10.3. The lowest BCUT2D eigenvalue weighted by Crippen LogP contribution is -2.01. The van der Waals surface area contributed by atoms with E-state index in [1.54, 1.807) is 30.0 Å². The monoisotopic (exact) mass is 338 g/mol. The highest BCUT2D eigenvalue weighted by Gasteiger charge is 2.15. The molecule has 0 fully saturated rings. The Bertz CT molecular complexity index is 694. The van der Waals surface area contributed by atoms with Gasteiger partial charge in [0.25, 0.3) is 5.69 Å². The van der Waals surface area contributed by atoms with E-state index in [9.17, 15) is 10.1 Å². The van der Waals surface area contributed by atoms with Gasteiger partial charge in [0, 0.05) is 23.6 Å². The number of nitro groups is 1. The van der Waals surface area contributed by atoms with Crippen molar-refractivity contribution in [2.75, 3.05) is 18.1 Å². The van der Waals surface area contributed by atoms with Crippen LogP contribution in [0.15, 0.2) is 41.3 Å². The fourth-order valence-corrected chi connectivity index (χ4v) is 2.61. The van der Waals surface area contributed by atoms with E-state index < -0.39 is 4.92 Å². The van der Waals surface area contributed by atoms with Crippen molar-refractivity contribution in [3.05, 3.63) is 51.5 Å². The van der Waals surface area contributed by atoms with Crippen LogP contribution in [0.2, 0.25) is 5.02 Å². The molecule has 2 rings (SSSR count). The first-order chi connectivity index (χ1) is 10.5. The molecule has 5 nitrogen and oxygen atoms in total. The second-order valence-corrected chi connectivity index (χ2v) is 5.65. The smallest absolute Gasteiger partial charge is 0.292 e. The minimum absolute atomic E-state index is 0.0121. The number of hydrogen-bond donors (Lipinski definition) is 1. The Balaban J connectivity index is 2.30. The van der Waals surface area contributed by atoms with Gasteiger partial charge in [-0.1, -0.05) is 11.6 Å². The fourth-order valence-electron chi connectivity index (χ4n) is 1.89. The number of anilines is 1. The van der Waals surface area contributed by atoms with Gasteiger partial charge in [0.1, 0.15) is 17.2 Å². The summed E-state index contributed by atoms with van der Waals surface area (Å²) in [6, 6.07) is 10.1. The maximum Gasteiger partial charge on any atom is 0.292 e. The number of hydrogen-bond acceptors (Lipinski definition) is 5. The zero-order valence-electron chi connectivity index (χ0n) is 12.1. The third-order valence-corrected chi connectivity index (χ3v) is 3.92. The molecule has 0 amide bonds. The van der Waals surface area contributed by atoms with E-state index >= 15 is 0 Å². The molecule has 116 valence electrons. The Morgan fingerprint density at radius 2 is 2.09 bits per heavy atom. The highest BCUT2D eigenvalue weighted by Crippen LogP contribution is 2.35. The molecule has 0 aliphatic rings. The minimum atomic E-state index is -0.429. The molecule has 0 atom stereocenters. The maximum absolute atomic E-state index is 11.0. The number of nitrogens with one attached hydrogen (secondary N) is 1. The van der Waals surface area contributed by atoms with Crippen LogP contribution in [0.3, 0.4) is 0 Å². The van der Waals surface area contributed by atoms with Gasteiger partial charge >= 0.3 is 0 Å². The van der Waals surface area contributed by atoms with Crippen molar-refractivity contribution in [2.24, 2.45) is 0 Å². The minimum Gasteiger partial charge on any atom is -0.456 e. The first-order valence-electron chi connectivity index (χ1n) is 6.59. The summed E-state index contributed by atoms with van der Waals surface area (Å²) < 4.78 is 5.73. The average molecular weight is 339 g/mol. The standard InChI is InChI=1S/C15H15ClN2O3S/c1-3-17-13-8-10(4-6-14(13)18(19)20)21-15-7-5-11(22-2)9-12(15)16/h4-9,17H,3H2,1-2H3. The van der Waals surface area contributed by atoms with Gasteiger partial charge in [-0.05, 0) is 37.4 Å². The van der Waals surface area contributed by atoms with E-state index in [2.05, 4.69) is 5.32 Å². The molecule has 2 aromatic carbocycles. The summed E-state index contributed by atoms with van der Waals surface area (Å²) in [7, 11) is 0. The number of nitrogens with zero attached hydrogens (tertiary/aromatic N) is 1. The van der Waals surface area contributed by atoms with Crippen LogP contribution in [0.5, 0.6) is 11.5 Å². The Morgan fingerprint density at radius 1 is 1.32 bits per heavy atom. The predicted octanol–water partition coefficient (Wildman–Crippen LogP) is 5.19. The van der Waals surface area contributed by atoms with Crippen molar-refractivity contribution in [2.45, 2.75) is 11.8 Å². The molecule has 0 saturated carbocycles. The van der Waals surface area contributed by atoms with Crippen LogP contribution in [-0.4, -0.2) is 17.7 Å². The van der Waals surface area contributed by atoms with Crippen LogP contribution >= 0.6 is 23.4 Å². The summed E-state index contributed by atoms with van der Waals surface area (Å²) in [6.45, 7) is 2.45. The van der Waals surface area contributed by atoms with Crippen LogP contribution in [0.1, 0.15) is 6.92 Å². The second-order valence-electron chi connectivity index (χ2n) is 4.36. The van der Waals surface area contributed by atoms with Crippen molar-refractivity contribution < 1.29 is 9.66 Å². The number of thioether (sulfide) groups is 1. The highest BCUT2D eigenvalue weighted by molar-refractivity contribution is 7.98. The van der Waals surface area contributed by atoms with Crippen LogP contribution in [0.4, 0.5) is 11.4 Å². The van der Waals surface area contributed by atoms with Crippen molar-refractivity contribution in [3.8, 4) is 11.5 Å². The van der Waals surface area contributed by atoms with Crippen LogP contribution < -0.4 is 10.1 Å². The lowest BCUT2D eigenvalue weighted by atomic mass is 10.2. The SMILES string of the molecule is CCNc1cc(Oc2ccc(SC)cc2Cl)ccc1[N+](=O)[O-]. The summed E-state index contributed by atoms with van der Waals surface area (Å²) in [5.74, 6) is 0.996. The van der Waals surface area contributed by atoms with Crippen LogP contribution in [0, 0.1) is 10.1 Å². The van der Waals surface area contributed by atoms with E-state index in [-0.39, 0.29) is 5.69 Å². The van der Waals surface area contributed by atoms with Gasteiger partial charge in [-0.2, -0.15) is 0 Å². The van der Waals surface area contributed by atoms with Gasteiger partial charge in [-0.25, -0.2) is 0 Å². The molecule has 7 heteroatoms. The molecule has 0 aliphatic heterocycles. The highest BCUT2D eigenvalue weighted by atomic mass is 35.5. The third kappa shape index (κ3) is 3.84. The predicted molar refractivity (Wildman–Crippen MR) is 90.6 cm³/mol. The average Bonchev–Trinajstić information content (AvgIpc) is 2.49. The summed E-state index contributed by atoms with van der Waals surface area (Å²) in [5, 5.41) is 14.4. The first-order valence-corrected chi connectivity index (χ1v) is 8.19. The van der Waals surface area contributed by atoms with Gasteiger partial charge in [-0.15, -0.1) is 11.8 Å². The molecular weight excluding hydrogens is 324 g/mol. The second kappa shape index (κ2) is 7.38. The molecular formula is C15H15ClN2O3S. The zero-order valence-corrected chi connectivity index (χ0v) is 13.7. The van der Waals surface area contributed by atoms with Gasteiger partial charge in [0.05, 0.1) is 9.95 Å². The molecule has 2 aromatic rings. The third-order valence-electron chi connectivity index (χ3n) is 2.90. The molecule has 1 N–H and O–H groups in total. The number of rotatable bonds is 6. The molecule has 0 heterocycles. The largest absolute Gasteiger partial charge is 0.456 e. The van der Waals surface area contributed by atoms with E-state index in [1.807, 2.05) is 25.3 Å². The molecule has 0 aromatic heterocycles. The fraction of sp³-hybridized carbons (Fsp3) is 0.200. The summed E-state index contributed by atoms with van der Waals surface area (Å²) in [6.07, 6.45) is 1.96. The van der Waals surface area contributed by atoms with Crippen molar-refractivity contribution in [3.63, 3.8) is 0 Å². The van der Waals surface area contributed by atoms with E-state index in [1.165, 1.54) is 6.07 Å². The van der Waals surface area contributed by atoms with Crippen LogP contribution in [0.25, 0.3) is 0 Å². The Labute approximate surface area is 137 Å². The molecule has 0 spiro atoms. The number of benzene rings is 2. The lowest BCUT2D eigenvalue weighted by Gasteiger charge is -2.11. The van der Waals surface area contributed by atoms with E-state index in [0.29, 0.717) is 28.8 Å². The maximum atomic E-state index is 11.0. The van der Waals surface area contributed by atoms with Gasteiger partial charge in [0.2, 0.25) is 0 Å². The lowest BCUT2D eigenvalue weighted by molar-refractivity contribution is -0.384. The van der Waals surface area contributed by atoms with Gasteiger partial charge < -0.3 is 10.1 Å². The summed E-state index contributed by atoms with van der Waals surface area (Å²) in [4.78, 5) is 11.6. The van der Waals surface area contributed by atoms with Gasteiger partial charge in [0.15, 0.2) is 0 Å². The molecule has 0 bridgehead atoms. The molecule has 0 radical (unpaired) electrons. The summed E-state index contributed by atoms with van der Waals surface area (Å²) in [5.41, 5.74) is 0.430. The Kier molecular flexibility index (Phi) is 5.51. The van der Waals surface area contributed by atoms with Crippen LogP contribution in [-0.2, 0) is 0 Å². The van der Waals surface area contributed by atoms with Crippen molar-refractivity contribution >= 4 is 34.7 Å². The number of halogens is 1. The molecule has 0 aliphatic carbocycles. The van der Waals surface area contributed by atoms with Crippen molar-refractivity contribution in [1.82, 2.24) is 0 Å². The quantitative estimate of drug-likeness (QED) is 0.446. The summed E-state index contributed by atoms with van der Waals surface area (Å²) >= 11 is 7.77. The Hall–Kier alpha value is -1.92. The number of nitro benzene ring substituents is 1. The first kappa shape index (κ1) is 16.5. The Morgan fingerprint density at radius 3 is 2.68 bits per heavy atom. The molecule has 0 unspecified atom stereocenters. The van der Waals surface area contributed by atoms with Crippen molar-refractivity contribution in [1.29, 1.82) is 0 Å². The molecule has 22 heavy (non-hydrogen) atoms. The zero-order chi connectivity index (χ0) is 16.1. The topological polar surface area (TPSA) is 64.4 Å². The van der Waals surface area contributed by atoms with Gasteiger partial charge in [-0.3, -0.25) is 10.1 Å². The molecule has 0 saturated heterocycles. The van der Waals surface area contributed by atoms with E-state index in [0.717, 1.165) is 4.90 Å². The van der Waals surface area contributed by atoms with E-state index in [4.69, 9.17) is 16.3 Å². The number of ether oxygens (including phenoxy) is 1.